The Labute approximate surface area is 288 Å². The van der Waals surface area contributed by atoms with Crippen LogP contribution in [0.4, 0.5) is 18.9 Å². The first-order valence-corrected chi connectivity index (χ1v) is 17.3. The topological polar surface area (TPSA) is 86.8 Å². The first-order valence-electron chi connectivity index (χ1n) is 15.1. The molecule has 0 aliphatic heterocycles. The van der Waals surface area contributed by atoms with E-state index in [2.05, 4.69) is 5.32 Å². The van der Waals surface area contributed by atoms with Gasteiger partial charge in [0, 0.05) is 24.5 Å². The Morgan fingerprint density at radius 2 is 1.48 bits per heavy atom. The Hall–Kier alpha value is -4.06. The Kier molecular flexibility index (Phi) is 12.5. The SMILES string of the molecule is CCCCNC(=O)C(Cc1ccccc1)N(Cc1ccc(Cl)cc1)C(=O)CN(c1cc(C(F)(F)F)ccc1Cl)S(=O)(=O)c1ccccc1. The van der Waals surface area contributed by atoms with E-state index in [1.165, 1.54) is 29.2 Å². The van der Waals surface area contributed by atoms with Crippen molar-refractivity contribution in [1.29, 1.82) is 0 Å². The quantitative estimate of drug-likeness (QED) is 0.135. The fourth-order valence-electron chi connectivity index (χ4n) is 4.96. The summed E-state index contributed by atoms with van der Waals surface area (Å²) in [6.45, 7) is 1.21. The molecule has 0 fully saturated rings. The van der Waals surface area contributed by atoms with Gasteiger partial charge in [0.2, 0.25) is 11.8 Å². The highest BCUT2D eigenvalue weighted by molar-refractivity contribution is 7.92. The minimum atomic E-state index is -4.83. The average molecular weight is 721 g/mol. The molecule has 4 aromatic carbocycles. The molecule has 2 amide bonds. The summed E-state index contributed by atoms with van der Waals surface area (Å²) in [5.41, 5.74) is -0.376. The third-order valence-corrected chi connectivity index (χ3v) is 9.86. The lowest BCUT2D eigenvalue weighted by atomic mass is 10.0. The molecule has 0 spiro atoms. The number of alkyl halides is 3. The Morgan fingerprint density at radius 3 is 2.08 bits per heavy atom. The van der Waals surface area contributed by atoms with Gasteiger partial charge in [-0.1, -0.05) is 97.2 Å². The van der Waals surface area contributed by atoms with Crippen LogP contribution in [0.5, 0.6) is 0 Å². The van der Waals surface area contributed by atoms with Crippen LogP contribution in [0.2, 0.25) is 10.0 Å². The van der Waals surface area contributed by atoms with E-state index in [1.807, 2.05) is 13.0 Å². The summed E-state index contributed by atoms with van der Waals surface area (Å²) in [4.78, 5) is 29.2. The van der Waals surface area contributed by atoms with Crippen molar-refractivity contribution < 1.29 is 31.2 Å². The molecule has 4 aromatic rings. The summed E-state index contributed by atoms with van der Waals surface area (Å²) < 4.78 is 70.2. The van der Waals surface area contributed by atoms with Gasteiger partial charge in [0.1, 0.15) is 12.6 Å². The van der Waals surface area contributed by atoms with Gasteiger partial charge >= 0.3 is 6.18 Å². The molecule has 0 aliphatic rings. The molecule has 0 saturated heterocycles. The number of hydrogen-bond acceptors (Lipinski definition) is 4. The molecule has 0 aliphatic carbocycles. The number of carbonyl (C=O) groups excluding carboxylic acids is 2. The van der Waals surface area contributed by atoms with Crippen LogP contribution in [-0.2, 0) is 38.8 Å². The van der Waals surface area contributed by atoms with Crippen LogP contribution in [0.1, 0.15) is 36.5 Å². The van der Waals surface area contributed by atoms with Crippen LogP contribution >= 0.6 is 23.2 Å². The lowest BCUT2D eigenvalue weighted by Gasteiger charge is -2.34. The zero-order chi connectivity index (χ0) is 34.9. The number of halogens is 5. The zero-order valence-electron chi connectivity index (χ0n) is 26.0. The second kappa shape index (κ2) is 16.4. The molecule has 7 nitrogen and oxygen atoms in total. The highest BCUT2D eigenvalue weighted by Gasteiger charge is 2.37. The van der Waals surface area contributed by atoms with E-state index in [-0.39, 0.29) is 22.9 Å². The van der Waals surface area contributed by atoms with Crippen molar-refractivity contribution in [1.82, 2.24) is 10.2 Å². The first-order chi connectivity index (χ1) is 22.8. The van der Waals surface area contributed by atoms with Gasteiger partial charge < -0.3 is 10.2 Å². The maximum Gasteiger partial charge on any atom is 0.416 e. The molecule has 48 heavy (non-hydrogen) atoms. The highest BCUT2D eigenvalue weighted by Crippen LogP contribution is 2.37. The van der Waals surface area contributed by atoms with Gasteiger partial charge in [-0.3, -0.25) is 13.9 Å². The summed E-state index contributed by atoms with van der Waals surface area (Å²) in [6.07, 6.45) is -3.26. The number of carbonyl (C=O) groups is 2. The van der Waals surface area contributed by atoms with Gasteiger partial charge in [-0.2, -0.15) is 13.2 Å². The summed E-state index contributed by atoms with van der Waals surface area (Å²) in [7, 11) is -4.65. The van der Waals surface area contributed by atoms with Crippen molar-refractivity contribution in [3.8, 4) is 0 Å². The van der Waals surface area contributed by atoms with E-state index in [1.54, 1.807) is 54.6 Å². The van der Waals surface area contributed by atoms with Crippen molar-refractivity contribution in [2.75, 3.05) is 17.4 Å². The second-order valence-corrected chi connectivity index (χ2v) is 13.7. The Bertz CT molecular complexity index is 1790. The largest absolute Gasteiger partial charge is 0.416 e. The number of nitrogens with one attached hydrogen (secondary N) is 1. The van der Waals surface area contributed by atoms with Gasteiger partial charge in [-0.25, -0.2) is 8.42 Å². The standard InChI is InChI=1S/C35H34Cl2F3N3O4S/c1-2-3-20-41-34(45)32(21-25-10-6-4-7-11-25)42(23-26-14-17-28(36)18-15-26)33(44)24-43(48(46,47)29-12-8-5-9-13-29)31-22-27(35(38,39)40)16-19-30(31)37/h4-19,22,32H,2-3,20-21,23-24H2,1H3,(H,41,45). The Balaban J connectivity index is 1.85. The zero-order valence-corrected chi connectivity index (χ0v) is 28.3. The summed E-state index contributed by atoms with van der Waals surface area (Å²) in [6, 6.07) is 23.7. The van der Waals surface area contributed by atoms with Gasteiger partial charge in [0.05, 0.1) is 21.2 Å². The van der Waals surface area contributed by atoms with Crippen LogP contribution in [0.3, 0.4) is 0 Å². The molecule has 1 N–H and O–H groups in total. The molecule has 0 heterocycles. The van der Waals surface area contributed by atoms with Crippen molar-refractivity contribution in [2.24, 2.45) is 0 Å². The Morgan fingerprint density at radius 1 is 0.854 bits per heavy atom. The first kappa shape index (κ1) is 36.8. The molecule has 1 unspecified atom stereocenters. The predicted molar refractivity (Wildman–Crippen MR) is 181 cm³/mol. The maximum atomic E-state index is 14.5. The van der Waals surface area contributed by atoms with E-state index in [9.17, 15) is 31.2 Å². The molecule has 0 saturated carbocycles. The van der Waals surface area contributed by atoms with Gasteiger partial charge in [0.15, 0.2) is 0 Å². The fraction of sp³-hybridized carbons (Fsp3) is 0.257. The molecule has 4 rings (SSSR count). The predicted octanol–water partition coefficient (Wildman–Crippen LogP) is 7.76. The third-order valence-electron chi connectivity index (χ3n) is 7.52. The molecule has 0 aromatic heterocycles. The summed E-state index contributed by atoms with van der Waals surface area (Å²) >= 11 is 12.5. The van der Waals surface area contributed by atoms with Gasteiger partial charge in [0.25, 0.3) is 10.0 Å². The average Bonchev–Trinajstić information content (AvgIpc) is 3.06. The molecule has 0 bridgehead atoms. The number of rotatable bonds is 14. The molecular formula is C35H34Cl2F3N3O4S. The number of amides is 2. The van der Waals surface area contributed by atoms with Gasteiger partial charge in [-0.15, -0.1) is 0 Å². The second-order valence-electron chi connectivity index (χ2n) is 11.0. The normalized spacial score (nSPS) is 12.3. The van der Waals surface area contributed by atoms with E-state index in [0.717, 1.165) is 24.1 Å². The minimum absolute atomic E-state index is 0.0773. The van der Waals surface area contributed by atoms with Crippen LogP contribution in [0, 0.1) is 0 Å². The fourth-order valence-corrected chi connectivity index (χ4v) is 6.80. The van der Waals surface area contributed by atoms with Crippen molar-refractivity contribution in [3.05, 3.63) is 130 Å². The van der Waals surface area contributed by atoms with E-state index < -0.39 is 51.9 Å². The smallest absolute Gasteiger partial charge is 0.354 e. The van der Waals surface area contributed by atoms with Gasteiger partial charge in [-0.05, 0) is 60.0 Å². The van der Waals surface area contributed by atoms with Crippen LogP contribution < -0.4 is 9.62 Å². The molecule has 254 valence electrons. The lowest BCUT2D eigenvalue weighted by Crippen LogP contribution is -2.53. The van der Waals surface area contributed by atoms with E-state index in [4.69, 9.17) is 23.2 Å². The van der Waals surface area contributed by atoms with Crippen molar-refractivity contribution >= 4 is 50.7 Å². The number of unbranched alkanes of at least 4 members (excludes halogenated alkanes) is 1. The number of benzene rings is 4. The molecule has 1 atom stereocenters. The number of hydrogen-bond donors (Lipinski definition) is 1. The third kappa shape index (κ3) is 9.52. The highest BCUT2D eigenvalue weighted by atomic mass is 35.5. The number of sulfonamides is 1. The van der Waals surface area contributed by atoms with Crippen molar-refractivity contribution in [2.45, 2.75) is 49.8 Å². The van der Waals surface area contributed by atoms with E-state index >= 15 is 0 Å². The number of nitrogens with zero attached hydrogens (tertiary/aromatic N) is 2. The van der Waals surface area contributed by atoms with Crippen LogP contribution in [0.25, 0.3) is 0 Å². The monoisotopic (exact) mass is 719 g/mol. The molecule has 13 heteroatoms. The molecular weight excluding hydrogens is 686 g/mol. The number of anilines is 1. The molecule has 0 radical (unpaired) electrons. The maximum absolute atomic E-state index is 14.5. The van der Waals surface area contributed by atoms with Crippen molar-refractivity contribution in [3.63, 3.8) is 0 Å². The minimum Gasteiger partial charge on any atom is -0.354 e. The lowest BCUT2D eigenvalue weighted by molar-refractivity contribution is -0.140. The van der Waals surface area contributed by atoms with E-state index in [0.29, 0.717) is 33.9 Å². The van der Waals surface area contributed by atoms with Crippen LogP contribution in [0.15, 0.2) is 108 Å². The van der Waals surface area contributed by atoms with Crippen LogP contribution in [-0.4, -0.2) is 44.3 Å². The summed E-state index contributed by atoms with van der Waals surface area (Å²) in [5, 5.41) is 2.99. The summed E-state index contributed by atoms with van der Waals surface area (Å²) in [5.74, 6) is -1.31.